The van der Waals surface area contributed by atoms with Crippen molar-refractivity contribution in [3.8, 4) is 10.6 Å². The second-order valence-corrected chi connectivity index (χ2v) is 10.6. The summed E-state index contributed by atoms with van der Waals surface area (Å²) in [7, 11) is 0. The highest BCUT2D eigenvalue weighted by Crippen LogP contribution is 2.41. The molecule has 6 heteroatoms. The van der Waals surface area contributed by atoms with Gasteiger partial charge in [0.2, 0.25) is 0 Å². The Morgan fingerprint density at radius 3 is 2.62 bits per heavy atom. The summed E-state index contributed by atoms with van der Waals surface area (Å²) in [5, 5.41) is 2.18. The van der Waals surface area contributed by atoms with Crippen LogP contribution in [0.5, 0.6) is 0 Å². The zero-order valence-corrected chi connectivity index (χ0v) is 20.1. The Labute approximate surface area is 194 Å². The molecule has 1 aromatic carbocycles. The van der Waals surface area contributed by atoms with E-state index in [9.17, 15) is 4.79 Å². The molecule has 1 saturated carbocycles. The van der Waals surface area contributed by atoms with E-state index >= 15 is 0 Å². The average molecular weight is 451 g/mol. The number of nitrogens with zero attached hydrogens (tertiary/aromatic N) is 3. The Morgan fingerprint density at radius 1 is 1.09 bits per heavy atom. The van der Waals surface area contributed by atoms with Gasteiger partial charge in [-0.15, -0.1) is 11.3 Å². The Hall–Kier alpha value is -2.15. The van der Waals surface area contributed by atoms with Crippen LogP contribution < -0.4 is 0 Å². The lowest BCUT2D eigenvalue weighted by Gasteiger charge is -2.50. The molecule has 2 unspecified atom stereocenters. The predicted octanol–water partition coefficient (Wildman–Crippen LogP) is 5.74. The number of thiazole rings is 1. The third-order valence-corrected chi connectivity index (χ3v) is 8.58. The molecule has 2 aromatic heterocycles. The van der Waals surface area contributed by atoms with Gasteiger partial charge in [-0.3, -0.25) is 0 Å². The van der Waals surface area contributed by atoms with Gasteiger partial charge in [0.05, 0.1) is 46.4 Å². The minimum absolute atomic E-state index is 0.0554. The third kappa shape index (κ3) is 3.68. The third-order valence-electron chi connectivity index (χ3n) is 7.48. The van der Waals surface area contributed by atoms with E-state index in [1.807, 2.05) is 13.8 Å². The highest BCUT2D eigenvalue weighted by molar-refractivity contribution is 7.15. The summed E-state index contributed by atoms with van der Waals surface area (Å²) in [4.78, 5) is 23.8. The van der Waals surface area contributed by atoms with Gasteiger partial charge in [-0.05, 0) is 57.7 Å². The first-order chi connectivity index (χ1) is 15.5. The smallest absolute Gasteiger partial charge is 0.311 e. The highest BCUT2D eigenvalue weighted by Gasteiger charge is 2.50. The molecule has 1 amide bonds. The molecule has 0 N–H and O–H groups in total. The van der Waals surface area contributed by atoms with E-state index in [4.69, 9.17) is 9.72 Å². The first kappa shape index (κ1) is 21.7. The van der Waals surface area contributed by atoms with Crippen molar-refractivity contribution >= 4 is 28.1 Å². The standard InChI is InChI=1S/C26H32N3O2S/c1-17-26(32-18(2)27-17)24-12-9-20-15-21(10-11-23(20)28-24)25-16-31-14-13-29(25,19(3)30)22-7-5-4-6-8-22/h9-12,15,22,25H,4-8,13-14,16H2,1-3H3/q+1. The Balaban J connectivity index is 1.54. The van der Waals surface area contributed by atoms with Crippen molar-refractivity contribution in [3.05, 3.63) is 46.6 Å². The largest absolute Gasteiger partial charge is 0.369 e. The van der Waals surface area contributed by atoms with Gasteiger partial charge in [-0.25, -0.2) is 19.2 Å². The number of amides is 1. The Kier molecular flexibility index (Phi) is 5.86. The van der Waals surface area contributed by atoms with Gasteiger partial charge in [0.25, 0.3) is 0 Å². The number of pyridine rings is 1. The van der Waals surface area contributed by atoms with Gasteiger partial charge < -0.3 is 4.74 Å². The number of rotatable bonds is 3. The van der Waals surface area contributed by atoms with Gasteiger partial charge >= 0.3 is 5.91 Å². The average Bonchev–Trinajstić information content (AvgIpc) is 3.16. The maximum Gasteiger partial charge on any atom is 0.311 e. The zero-order valence-electron chi connectivity index (χ0n) is 19.3. The van der Waals surface area contributed by atoms with Crippen molar-refractivity contribution < 1.29 is 14.0 Å². The molecule has 0 bridgehead atoms. The van der Waals surface area contributed by atoms with Crippen molar-refractivity contribution in [2.75, 3.05) is 19.8 Å². The van der Waals surface area contributed by atoms with Crippen LogP contribution in [0.15, 0.2) is 30.3 Å². The minimum Gasteiger partial charge on any atom is -0.369 e. The first-order valence-electron chi connectivity index (χ1n) is 11.8. The summed E-state index contributed by atoms with van der Waals surface area (Å²) in [6, 6.07) is 11.2. The lowest BCUT2D eigenvalue weighted by molar-refractivity contribution is -0.918. The molecule has 0 spiro atoms. The van der Waals surface area contributed by atoms with Gasteiger partial charge in [0.1, 0.15) is 19.2 Å². The van der Waals surface area contributed by atoms with Crippen LogP contribution in [0, 0.1) is 13.8 Å². The SMILES string of the molecule is CC(=O)[N+]1(C2CCCCC2)CCOCC1c1ccc2nc(-c3sc(C)nc3C)ccc2c1. The fourth-order valence-electron chi connectivity index (χ4n) is 5.92. The van der Waals surface area contributed by atoms with E-state index in [1.165, 1.54) is 24.8 Å². The van der Waals surface area contributed by atoms with E-state index in [2.05, 4.69) is 35.3 Å². The van der Waals surface area contributed by atoms with Crippen molar-refractivity contribution in [1.29, 1.82) is 0 Å². The molecule has 2 aliphatic rings. The number of aromatic nitrogens is 2. The zero-order chi connectivity index (χ0) is 22.3. The molecule has 5 rings (SSSR count). The second-order valence-electron chi connectivity index (χ2n) is 9.35. The molecular formula is C26H32N3O2S+. The molecule has 3 heterocycles. The van der Waals surface area contributed by atoms with E-state index in [0.29, 0.717) is 23.7 Å². The first-order valence-corrected chi connectivity index (χ1v) is 12.6. The number of ether oxygens (including phenoxy) is 1. The summed E-state index contributed by atoms with van der Waals surface area (Å²) in [5.74, 6) is 0.287. The summed E-state index contributed by atoms with van der Waals surface area (Å²) >= 11 is 1.69. The van der Waals surface area contributed by atoms with Crippen LogP contribution in [0.3, 0.4) is 0 Å². The van der Waals surface area contributed by atoms with Gasteiger partial charge in [0, 0.05) is 10.9 Å². The molecule has 168 valence electrons. The van der Waals surface area contributed by atoms with Crippen LogP contribution in [0.1, 0.15) is 61.3 Å². The maximum absolute atomic E-state index is 13.2. The van der Waals surface area contributed by atoms with Crippen molar-refractivity contribution in [2.45, 2.75) is 65.0 Å². The molecule has 1 aliphatic carbocycles. The molecule has 2 fully saturated rings. The Bertz CT molecular complexity index is 1150. The summed E-state index contributed by atoms with van der Waals surface area (Å²) in [5.41, 5.74) is 4.18. The number of hydrogen-bond donors (Lipinski definition) is 0. The number of quaternary nitrogens is 1. The van der Waals surface area contributed by atoms with Gasteiger partial charge in [-0.1, -0.05) is 18.6 Å². The predicted molar refractivity (Wildman–Crippen MR) is 129 cm³/mol. The minimum atomic E-state index is 0.0554. The monoisotopic (exact) mass is 450 g/mol. The fourth-order valence-corrected chi connectivity index (χ4v) is 6.81. The molecule has 1 aliphatic heterocycles. The number of morpholine rings is 1. The number of fused-ring (bicyclic) bond motifs is 1. The van der Waals surface area contributed by atoms with Crippen molar-refractivity contribution in [2.24, 2.45) is 0 Å². The molecular weight excluding hydrogens is 418 g/mol. The van der Waals surface area contributed by atoms with E-state index in [0.717, 1.165) is 51.6 Å². The van der Waals surface area contributed by atoms with Crippen LogP contribution in [0.2, 0.25) is 0 Å². The quantitative estimate of drug-likeness (QED) is 0.477. The highest BCUT2D eigenvalue weighted by atomic mass is 32.1. The molecule has 32 heavy (non-hydrogen) atoms. The molecule has 0 radical (unpaired) electrons. The molecule has 5 nitrogen and oxygen atoms in total. The van der Waals surface area contributed by atoms with E-state index in [1.54, 1.807) is 18.3 Å². The van der Waals surface area contributed by atoms with E-state index in [-0.39, 0.29) is 11.9 Å². The number of aryl methyl sites for hydroxylation is 2. The van der Waals surface area contributed by atoms with Crippen LogP contribution in [0.25, 0.3) is 21.5 Å². The lowest BCUT2D eigenvalue weighted by atomic mass is 9.88. The molecule has 1 saturated heterocycles. The summed E-state index contributed by atoms with van der Waals surface area (Å²) < 4.78 is 6.50. The number of benzene rings is 1. The van der Waals surface area contributed by atoms with Gasteiger partial charge in [0.15, 0.2) is 0 Å². The lowest BCUT2D eigenvalue weighted by Crippen LogP contribution is -2.65. The van der Waals surface area contributed by atoms with Crippen molar-refractivity contribution in [3.63, 3.8) is 0 Å². The normalized spacial score (nSPS) is 24.7. The van der Waals surface area contributed by atoms with Crippen LogP contribution in [-0.4, -0.2) is 46.2 Å². The van der Waals surface area contributed by atoms with Crippen LogP contribution in [-0.2, 0) is 9.53 Å². The number of carbonyl (C=O) groups is 1. The number of carbonyl (C=O) groups excluding carboxylic acids is 1. The molecule has 2 atom stereocenters. The van der Waals surface area contributed by atoms with Crippen molar-refractivity contribution in [1.82, 2.24) is 9.97 Å². The van der Waals surface area contributed by atoms with E-state index < -0.39 is 0 Å². The fraction of sp³-hybridized carbons (Fsp3) is 0.500. The summed E-state index contributed by atoms with van der Waals surface area (Å²) in [6.45, 7) is 7.92. The Morgan fingerprint density at radius 2 is 1.91 bits per heavy atom. The van der Waals surface area contributed by atoms with Crippen LogP contribution in [0.4, 0.5) is 0 Å². The van der Waals surface area contributed by atoms with Crippen LogP contribution >= 0.6 is 11.3 Å². The maximum atomic E-state index is 13.2. The van der Waals surface area contributed by atoms with Gasteiger partial charge in [-0.2, -0.15) is 0 Å². The number of hydrogen-bond acceptors (Lipinski definition) is 5. The molecule has 3 aromatic rings. The summed E-state index contributed by atoms with van der Waals surface area (Å²) in [6.07, 6.45) is 6.03. The topological polar surface area (TPSA) is 52.1 Å². The second kappa shape index (κ2) is 8.65.